The number of nitrogens with one attached hydrogen (secondary N) is 2. The lowest BCUT2D eigenvalue weighted by atomic mass is 10.3. The normalized spacial score (nSPS) is 9.94. The van der Waals surface area contributed by atoms with E-state index in [-0.39, 0.29) is 5.75 Å². The second kappa shape index (κ2) is 6.38. The Morgan fingerprint density at radius 2 is 1.89 bits per heavy atom. The van der Waals surface area contributed by atoms with Gasteiger partial charge in [0.05, 0.1) is 0 Å². The van der Waals surface area contributed by atoms with Gasteiger partial charge in [-0.1, -0.05) is 0 Å². The van der Waals surface area contributed by atoms with Crippen molar-refractivity contribution in [3.63, 3.8) is 0 Å². The number of alkyl halides is 2. The SMILES string of the molecule is O=C(O)CNC(=O)Nc1ccc(OC(F)F)cc1. The molecule has 18 heavy (non-hydrogen) atoms. The van der Waals surface area contributed by atoms with Crippen LogP contribution in [-0.4, -0.2) is 30.3 Å². The van der Waals surface area contributed by atoms with Gasteiger partial charge in [0.1, 0.15) is 12.3 Å². The summed E-state index contributed by atoms with van der Waals surface area (Å²) in [5, 5.41) is 12.7. The average molecular weight is 260 g/mol. The van der Waals surface area contributed by atoms with Gasteiger partial charge in [-0.25, -0.2) is 4.79 Å². The molecule has 0 aliphatic heterocycles. The molecule has 0 atom stereocenters. The Kier molecular flexibility index (Phi) is 4.85. The fourth-order valence-electron chi connectivity index (χ4n) is 1.05. The molecule has 3 N–H and O–H groups in total. The van der Waals surface area contributed by atoms with Crippen LogP contribution in [0.4, 0.5) is 19.3 Å². The lowest BCUT2D eigenvalue weighted by molar-refractivity contribution is -0.135. The molecule has 0 aliphatic rings. The summed E-state index contributed by atoms with van der Waals surface area (Å²) in [6.45, 7) is -3.43. The van der Waals surface area contributed by atoms with Gasteiger partial charge in [-0.15, -0.1) is 0 Å². The van der Waals surface area contributed by atoms with Crippen LogP contribution in [0.2, 0.25) is 0 Å². The number of aliphatic carboxylic acids is 1. The number of hydrogen-bond acceptors (Lipinski definition) is 3. The number of amides is 2. The van der Waals surface area contributed by atoms with Crippen LogP contribution in [0.5, 0.6) is 5.75 Å². The third-order valence-corrected chi connectivity index (χ3v) is 1.74. The Bertz CT molecular complexity index is 422. The molecule has 0 unspecified atom stereocenters. The van der Waals surface area contributed by atoms with Crippen molar-refractivity contribution >= 4 is 17.7 Å². The van der Waals surface area contributed by atoms with Crippen molar-refractivity contribution < 1.29 is 28.2 Å². The smallest absolute Gasteiger partial charge is 0.387 e. The topological polar surface area (TPSA) is 87.7 Å². The molecule has 0 saturated carbocycles. The van der Waals surface area contributed by atoms with Crippen molar-refractivity contribution in [3.05, 3.63) is 24.3 Å². The summed E-state index contributed by atoms with van der Waals surface area (Å²) in [5.74, 6) is -1.22. The molecule has 0 aliphatic carbocycles. The van der Waals surface area contributed by atoms with E-state index in [1.54, 1.807) is 0 Å². The Hall–Kier alpha value is -2.38. The van der Waals surface area contributed by atoms with Crippen molar-refractivity contribution in [2.75, 3.05) is 11.9 Å². The van der Waals surface area contributed by atoms with Crippen molar-refractivity contribution in [2.45, 2.75) is 6.61 Å². The second-order valence-electron chi connectivity index (χ2n) is 3.10. The van der Waals surface area contributed by atoms with Crippen LogP contribution in [0.3, 0.4) is 0 Å². The summed E-state index contributed by atoms with van der Waals surface area (Å²) in [7, 11) is 0. The van der Waals surface area contributed by atoms with Crippen LogP contribution in [-0.2, 0) is 4.79 Å². The number of carboxylic acids is 1. The highest BCUT2D eigenvalue weighted by atomic mass is 19.3. The Morgan fingerprint density at radius 1 is 1.28 bits per heavy atom. The number of ether oxygens (including phenoxy) is 1. The van der Waals surface area contributed by atoms with Crippen molar-refractivity contribution in [1.82, 2.24) is 5.32 Å². The molecule has 0 bridgehead atoms. The first-order chi connectivity index (χ1) is 8.47. The van der Waals surface area contributed by atoms with E-state index in [2.05, 4.69) is 15.4 Å². The van der Waals surface area contributed by atoms with E-state index in [0.717, 1.165) is 0 Å². The first-order valence-electron chi connectivity index (χ1n) is 4.79. The number of hydrogen-bond donors (Lipinski definition) is 3. The average Bonchev–Trinajstić information content (AvgIpc) is 2.28. The van der Waals surface area contributed by atoms with E-state index < -0.39 is 25.2 Å². The highest BCUT2D eigenvalue weighted by Crippen LogP contribution is 2.17. The van der Waals surface area contributed by atoms with Crippen LogP contribution >= 0.6 is 0 Å². The molecule has 0 saturated heterocycles. The van der Waals surface area contributed by atoms with Gasteiger partial charge in [0, 0.05) is 5.69 Å². The summed E-state index contributed by atoms with van der Waals surface area (Å²) in [5.41, 5.74) is 0.319. The highest BCUT2D eigenvalue weighted by molar-refractivity contribution is 5.91. The summed E-state index contributed by atoms with van der Waals surface area (Å²) < 4.78 is 27.8. The molecular formula is C10H10F2N2O4. The van der Waals surface area contributed by atoms with E-state index >= 15 is 0 Å². The standard InChI is InChI=1S/C10H10F2N2O4/c11-9(12)18-7-3-1-6(2-4-7)14-10(17)13-5-8(15)16/h1-4,9H,5H2,(H,15,16)(H2,13,14,17). The quantitative estimate of drug-likeness (QED) is 0.748. The molecule has 0 aromatic heterocycles. The lowest BCUT2D eigenvalue weighted by Crippen LogP contribution is -2.33. The minimum Gasteiger partial charge on any atom is -0.480 e. The Balaban J connectivity index is 2.48. The number of rotatable bonds is 5. The number of carbonyl (C=O) groups is 2. The van der Waals surface area contributed by atoms with Gasteiger partial charge in [0.25, 0.3) is 0 Å². The maximum absolute atomic E-state index is 11.8. The van der Waals surface area contributed by atoms with Crippen LogP contribution in [0.25, 0.3) is 0 Å². The van der Waals surface area contributed by atoms with Gasteiger partial charge >= 0.3 is 18.6 Å². The van der Waals surface area contributed by atoms with Crippen molar-refractivity contribution in [3.8, 4) is 5.75 Å². The highest BCUT2D eigenvalue weighted by Gasteiger charge is 2.06. The summed E-state index contributed by atoms with van der Waals surface area (Å²) in [6, 6.07) is 4.48. The van der Waals surface area contributed by atoms with Crippen LogP contribution in [0.15, 0.2) is 24.3 Å². The Labute approximate surface area is 101 Å². The summed E-state index contributed by atoms with van der Waals surface area (Å²) >= 11 is 0. The molecule has 1 rings (SSSR count). The van der Waals surface area contributed by atoms with E-state index in [0.29, 0.717) is 5.69 Å². The predicted octanol–water partition coefficient (Wildman–Crippen LogP) is 1.49. The monoisotopic (exact) mass is 260 g/mol. The first-order valence-corrected chi connectivity index (χ1v) is 4.79. The van der Waals surface area contributed by atoms with Gasteiger partial charge in [-0.3, -0.25) is 4.79 Å². The van der Waals surface area contributed by atoms with E-state index in [9.17, 15) is 18.4 Å². The molecule has 0 fully saturated rings. The minimum atomic E-state index is -2.91. The van der Waals surface area contributed by atoms with E-state index in [4.69, 9.17) is 5.11 Å². The molecule has 1 aromatic carbocycles. The van der Waals surface area contributed by atoms with Gasteiger partial charge < -0.3 is 20.5 Å². The molecule has 0 radical (unpaired) electrons. The van der Waals surface area contributed by atoms with Crippen molar-refractivity contribution in [1.29, 1.82) is 0 Å². The number of carboxylic acid groups (broad SMARTS) is 1. The molecule has 98 valence electrons. The molecular weight excluding hydrogens is 250 g/mol. The van der Waals surface area contributed by atoms with E-state index in [1.807, 2.05) is 0 Å². The van der Waals surface area contributed by atoms with E-state index in [1.165, 1.54) is 24.3 Å². The van der Waals surface area contributed by atoms with Gasteiger partial charge in [-0.05, 0) is 24.3 Å². The maximum atomic E-state index is 11.8. The van der Waals surface area contributed by atoms with Crippen molar-refractivity contribution in [2.24, 2.45) is 0 Å². The van der Waals surface area contributed by atoms with Crippen LogP contribution in [0, 0.1) is 0 Å². The second-order valence-corrected chi connectivity index (χ2v) is 3.10. The molecule has 1 aromatic rings. The summed E-state index contributed by atoms with van der Waals surface area (Å²) in [4.78, 5) is 21.3. The van der Waals surface area contributed by atoms with Gasteiger partial charge in [0.15, 0.2) is 0 Å². The predicted molar refractivity (Wildman–Crippen MR) is 57.7 cm³/mol. The number of carbonyl (C=O) groups excluding carboxylic acids is 1. The molecule has 2 amide bonds. The number of anilines is 1. The van der Waals surface area contributed by atoms with Crippen LogP contribution in [0.1, 0.15) is 0 Å². The van der Waals surface area contributed by atoms with Gasteiger partial charge in [0.2, 0.25) is 0 Å². The fraction of sp³-hybridized carbons (Fsp3) is 0.200. The zero-order chi connectivity index (χ0) is 13.5. The first kappa shape index (κ1) is 13.7. The van der Waals surface area contributed by atoms with Crippen LogP contribution < -0.4 is 15.4 Å². The fourth-order valence-corrected chi connectivity index (χ4v) is 1.05. The third kappa shape index (κ3) is 5.10. The molecule has 0 spiro atoms. The lowest BCUT2D eigenvalue weighted by Gasteiger charge is -2.07. The summed E-state index contributed by atoms with van der Waals surface area (Å²) in [6.07, 6.45) is 0. The largest absolute Gasteiger partial charge is 0.480 e. The minimum absolute atomic E-state index is 0.0403. The zero-order valence-corrected chi connectivity index (χ0v) is 9.02. The molecule has 8 heteroatoms. The Morgan fingerprint density at radius 3 is 2.39 bits per heavy atom. The zero-order valence-electron chi connectivity index (χ0n) is 9.02. The maximum Gasteiger partial charge on any atom is 0.387 e. The third-order valence-electron chi connectivity index (χ3n) is 1.74. The number of urea groups is 1. The molecule has 0 heterocycles. The molecule has 6 nitrogen and oxygen atoms in total. The number of benzene rings is 1. The number of halogens is 2. The van der Waals surface area contributed by atoms with Gasteiger partial charge in [-0.2, -0.15) is 8.78 Å².